The number of para-hydroxylation sites is 2. The number of hydrogen-bond acceptors (Lipinski definition) is 5. The Kier molecular flexibility index (Phi) is 5.58. The van der Waals surface area contributed by atoms with E-state index in [4.69, 9.17) is 4.74 Å². The van der Waals surface area contributed by atoms with E-state index in [1.165, 1.54) is 4.57 Å². The number of aryl methyl sites for hydroxylation is 2. The fourth-order valence-corrected chi connectivity index (χ4v) is 2.99. The molecule has 8 nitrogen and oxygen atoms in total. The molecule has 0 spiro atoms. The van der Waals surface area contributed by atoms with Crippen LogP contribution in [0.5, 0.6) is 5.75 Å². The normalized spacial score (nSPS) is 11.9. The fraction of sp³-hybridized carbons (Fsp3) is 0.300. The Morgan fingerprint density at radius 1 is 1.29 bits per heavy atom. The van der Waals surface area contributed by atoms with Crippen LogP contribution in [-0.4, -0.2) is 32.3 Å². The predicted molar refractivity (Wildman–Crippen MR) is 105 cm³/mol. The quantitative estimate of drug-likeness (QED) is 0.705. The maximum absolute atomic E-state index is 12.4. The highest BCUT2D eigenvalue weighted by Gasteiger charge is 2.15. The number of amides is 1. The van der Waals surface area contributed by atoms with Crippen molar-refractivity contribution in [3.63, 3.8) is 0 Å². The Labute approximate surface area is 162 Å². The molecule has 1 atom stereocenters. The van der Waals surface area contributed by atoms with Crippen LogP contribution in [0.3, 0.4) is 0 Å². The number of rotatable bonds is 6. The van der Waals surface area contributed by atoms with Gasteiger partial charge >= 0.3 is 5.69 Å². The summed E-state index contributed by atoms with van der Waals surface area (Å²) in [5, 5.41) is 7.26. The average Bonchev–Trinajstić information content (AvgIpc) is 3.14. The zero-order chi connectivity index (χ0) is 20.3. The topological polar surface area (TPSA) is 91.0 Å². The lowest BCUT2D eigenvalue weighted by Gasteiger charge is -2.14. The predicted octanol–water partition coefficient (Wildman–Crippen LogP) is 1.93. The highest BCUT2D eigenvalue weighted by molar-refractivity contribution is 5.76. The van der Waals surface area contributed by atoms with Gasteiger partial charge in [0.25, 0.3) is 0 Å². The highest BCUT2D eigenvalue weighted by atomic mass is 16.5. The van der Waals surface area contributed by atoms with Crippen molar-refractivity contribution in [1.82, 2.24) is 24.6 Å². The van der Waals surface area contributed by atoms with Crippen LogP contribution < -0.4 is 15.7 Å². The molecule has 1 aromatic carbocycles. The number of nitrogens with one attached hydrogen (secondary N) is 1. The van der Waals surface area contributed by atoms with E-state index in [0.29, 0.717) is 17.1 Å². The van der Waals surface area contributed by atoms with E-state index in [1.807, 2.05) is 37.4 Å². The van der Waals surface area contributed by atoms with Crippen molar-refractivity contribution in [2.75, 3.05) is 7.11 Å². The number of hydrogen-bond donors (Lipinski definition) is 1. The third-order valence-electron chi connectivity index (χ3n) is 4.46. The number of benzene rings is 1. The Morgan fingerprint density at radius 3 is 2.75 bits per heavy atom. The lowest BCUT2D eigenvalue weighted by molar-refractivity contribution is -0.122. The molecule has 0 fully saturated rings. The molecule has 0 bridgehead atoms. The van der Waals surface area contributed by atoms with Crippen molar-refractivity contribution in [2.24, 2.45) is 0 Å². The molecule has 0 radical (unpaired) electrons. The number of carbonyl (C=O) groups is 1. The standard InChI is InChI=1S/C20H23N5O3/c1-13-9-14(2)24(20(27)22-13)12-19(26)23-15(3)16-10-21-25(11-16)17-7-5-6-8-18(17)28-4/h5-11,15H,12H2,1-4H3,(H,23,26)/t15-/m1/s1. The molecule has 0 aliphatic carbocycles. The van der Waals surface area contributed by atoms with E-state index in [-0.39, 0.29) is 18.5 Å². The summed E-state index contributed by atoms with van der Waals surface area (Å²) in [4.78, 5) is 28.3. The van der Waals surface area contributed by atoms with Crippen LogP contribution in [0, 0.1) is 13.8 Å². The molecule has 0 saturated heterocycles. The van der Waals surface area contributed by atoms with Crippen LogP contribution >= 0.6 is 0 Å². The van der Waals surface area contributed by atoms with E-state index in [1.54, 1.807) is 37.9 Å². The number of carbonyl (C=O) groups excluding carboxylic acids is 1. The van der Waals surface area contributed by atoms with E-state index >= 15 is 0 Å². The lowest BCUT2D eigenvalue weighted by Crippen LogP contribution is -2.35. The molecule has 0 aliphatic rings. The van der Waals surface area contributed by atoms with Crippen molar-refractivity contribution in [3.05, 3.63) is 70.2 Å². The molecule has 2 heterocycles. The molecular formula is C20H23N5O3. The minimum Gasteiger partial charge on any atom is -0.494 e. The Bertz CT molecular complexity index is 1050. The monoisotopic (exact) mass is 381 g/mol. The van der Waals surface area contributed by atoms with Crippen LogP contribution in [0.1, 0.15) is 29.9 Å². The van der Waals surface area contributed by atoms with Crippen LogP contribution in [0.25, 0.3) is 5.69 Å². The first-order chi connectivity index (χ1) is 13.4. The van der Waals surface area contributed by atoms with Gasteiger partial charge in [0.15, 0.2) is 0 Å². The van der Waals surface area contributed by atoms with E-state index < -0.39 is 5.69 Å². The average molecular weight is 381 g/mol. The molecule has 28 heavy (non-hydrogen) atoms. The maximum Gasteiger partial charge on any atom is 0.348 e. The number of ether oxygens (including phenoxy) is 1. The van der Waals surface area contributed by atoms with Crippen molar-refractivity contribution >= 4 is 5.91 Å². The van der Waals surface area contributed by atoms with Crippen LogP contribution in [0.4, 0.5) is 0 Å². The largest absolute Gasteiger partial charge is 0.494 e. The third-order valence-corrected chi connectivity index (χ3v) is 4.46. The van der Waals surface area contributed by atoms with Gasteiger partial charge in [-0.3, -0.25) is 9.36 Å². The third kappa shape index (κ3) is 4.11. The van der Waals surface area contributed by atoms with Gasteiger partial charge in [0.2, 0.25) is 5.91 Å². The van der Waals surface area contributed by atoms with E-state index in [2.05, 4.69) is 15.4 Å². The summed E-state index contributed by atoms with van der Waals surface area (Å²) in [6.45, 7) is 5.32. The van der Waals surface area contributed by atoms with Gasteiger partial charge in [-0.05, 0) is 39.0 Å². The molecule has 8 heteroatoms. The summed E-state index contributed by atoms with van der Waals surface area (Å²) in [5.74, 6) is 0.434. The first-order valence-electron chi connectivity index (χ1n) is 8.91. The Balaban J connectivity index is 1.72. The van der Waals surface area contributed by atoms with Crippen LogP contribution in [0.15, 0.2) is 47.5 Å². The maximum atomic E-state index is 12.4. The zero-order valence-electron chi connectivity index (χ0n) is 16.3. The SMILES string of the molecule is COc1ccccc1-n1cc([C@@H](C)NC(=O)Cn2c(C)cc(C)nc2=O)cn1. The first-order valence-corrected chi connectivity index (χ1v) is 8.91. The molecule has 0 unspecified atom stereocenters. The molecule has 146 valence electrons. The van der Waals surface area contributed by atoms with Gasteiger partial charge in [-0.1, -0.05) is 12.1 Å². The number of nitrogens with zero attached hydrogens (tertiary/aromatic N) is 4. The van der Waals surface area contributed by atoms with Gasteiger partial charge in [0.05, 0.1) is 19.3 Å². The van der Waals surface area contributed by atoms with Crippen molar-refractivity contribution in [3.8, 4) is 11.4 Å². The van der Waals surface area contributed by atoms with Crippen molar-refractivity contribution in [1.29, 1.82) is 0 Å². The van der Waals surface area contributed by atoms with Crippen LogP contribution in [0.2, 0.25) is 0 Å². The minimum atomic E-state index is -0.427. The molecule has 3 rings (SSSR count). The van der Waals surface area contributed by atoms with E-state index in [9.17, 15) is 9.59 Å². The summed E-state index contributed by atoms with van der Waals surface area (Å²) in [7, 11) is 1.61. The van der Waals surface area contributed by atoms with Gasteiger partial charge in [-0.15, -0.1) is 0 Å². The summed E-state index contributed by atoms with van der Waals surface area (Å²) in [5.41, 5.74) is 2.55. The van der Waals surface area contributed by atoms with Gasteiger partial charge in [-0.2, -0.15) is 10.1 Å². The number of aromatic nitrogens is 4. The second-order valence-corrected chi connectivity index (χ2v) is 6.59. The fourth-order valence-electron chi connectivity index (χ4n) is 2.99. The second-order valence-electron chi connectivity index (χ2n) is 6.59. The molecule has 3 aromatic rings. The van der Waals surface area contributed by atoms with Gasteiger partial charge in [0.1, 0.15) is 18.0 Å². The van der Waals surface area contributed by atoms with Crippen LogP contribution in [-0.2, 0) is 11.3 Å². The Hall–Kier alpha value is -3.42. The molecule has 0 saturated carbocycles. The Morgan fingerprint density at radius 2 is 2.04 bits per heavy atom. The smallest absolute Gasteiger partial charge is 0.348 e. The first kappa shape index (κ1) is 19.3. The number of methoxy groups -OCH3 is 1. The van der Waals surface area contributed by atoms with Crippen molar-refractivity contribution in [2.45, 2.75) is 33.4 Å². The summed E-state index contributed by atoms with van der Waals surface area (Å²) < 4.78 is 8.42. The van der Waals surface area contributed by atoms with E-state index in [0.717, 1.165) is 11.3 Å². The molecule has 2 aromatic heterocycles. The van der Waals surface area contributed by atoms with Gasteiger partial charge in [-0.25, -0.2) is 9.48 Å². The zero-order valence-corrected chi connectivity index (χ0v) is 16.3. The summed E-state index contributed by atoms with van der Waals surface area (Å²) in [6, 6.07) is 9.05. The second kappa shape index (κ2) is 8.08. The molecular weight excluding hydrogens is 358 g/mol. The van der Waals surface area contributed by atoms with Gasteiger partial charge in [0, 0.05) is 23.1 Å². The minimum absolute atomic E-state index is 0.0804. The van der Waals surface area contributed by atoms with Crippen molar-refractivity contribution < 1.29 is 9.53 Å². The highest BCUT2D eigenvalue weighted by Crippen LogP contribution is 2.22. The molecule has 1 amide bonds. The molecule has 1 N–H and O–H groups in total. The van der Waals surface area contributed by atoms with Gasteiger partial charge < -0.3 is 10.1 Å². The summed E-state index contributed by atoms with van der Waals surface area (Å²) in [6.07, 6.45) is 3.54. The summed E-state index contributed by atoms with van der Waals surface area (Å²) >= 11 is 0. The lowest BCUT2D eigenvalue weighted by atomic mass is 10.2. The molecule has 0 aliphatic heterocycles.